The molecule has 8 heteroatoms. The molecule has 2 aromatic rings. The van der Waals surface area contributed by atoms with Crippen LogP contribution in [0.3, 0.4) is 0 Å². The maximum Gasteiger partial charge on any atom is 0.330 e. The second kappa shape index (κ2) is 4.41. The van der Waals surface area contributed by atoms with Gasteiger partial charge in [-0.1, -0.05) is 0 Å². The molecule has 0 aliphatic rings. The Hall–Kier alpha value is -1.89. The Balaban J connectivity index is 2.61. The number of fused-ring (bicyclic) bond motifs is 1. The highest BCUT2D eigenvalue weighted by Crippen LogP contribution is 2.11. The van der Waals surface area contributed by atoms with Crippen molar-refractivity contribution in [3.05, 3.63) is 22.0 Å². The van der Waals surface area contributed by atoms with Crippen molar-refractivity contribution < 1.29 is 4.79 Å². The van der Waals surface area contributed by atoms with Crippen molar-refractivity contribution in [1.29, 1.82) is 0 Å². The van der Waals surface area contributed by atoms with Gasteiger partial charge in [-0.25, -0.2) is 9.78 Å². The van der Waals surface area contributed by atoms with E-state index in [9.17, 15) is 9.59 Å². The van der Waals surface area contributed by atoms with E-state index in [1.165, 1.54) is 20.2 Å². The molecule has 0 aromatic carbocycles. The number of carbonyl (C=O) groups excluding carboxylic acids is 1. The maximum atomic E-state index is 12.0. The number of hydrogen-bond donors (Lipinski definition) is 0. The molecule has 2 aromatic heterocycles. The van der Waals surface area contributed by atoms with E-state index >= 15 is 0 Å². The van der Waals surface area contributed by atoms with Crippen molar-refractivity contribution in [1.82, 2.24) is 24.0 Å². The largest absolute Gasteiger partial charge is 0.347 e. The zero-order valence-electron chi connectivity index (χ0n) is 10.2. The first-order valence-corrected chi connectivity index (χ1v) is 5.57. The minimum Gasteiger partial charge on any atom is -0.347 e. The average Bonchev–Trinajstić information content (AvgIpc) is 2.54. The van der Waals surface area contributed by atoms with Crippen LogP contribution in [0.4, 0.5) is 0 Å². The van der Waals surface area contributed by atoms with Crippen LogP contribution in [0.1, 0.15) is 0 Å². The lowest BCUT2D eigenvalue weighted by molar-refractivity contribution is -0.129. The van der Waals surface area contributed by atoms with Crippen LogP contribution in [-0.2, 0) is 18.4 Å². The summed E-state index contributed by atoms with van der Waals surface area (Å²) < 4.78 is 2.67. The first-order valence-electron chi connectivity index (χ1n) is 5.19. The van der Waals surface area contributed by atoms with Gasteiger partial charge in [0.25, 0.3) is 0 Å². The number of imidazole rings is 1. The minimum atomic E-state index is -0.322. The van der Waals surface area contributed by atoms with Crippen LogP contribution in [0, 0.1) is 0 Å². The van der Waals surface area contributed by atoms with E-state index in [2.05, 4.69) is 9.97 Å². The zero-order chi connectivity index (χ0) is 13.4. The predicted molar refractivity (Wildman–Crippen MR) is 66.5 cm³/mol. The van der Waals surface area contributed by atoms with Crippen molar-refractivity contribution in [2.75, 3.05) is 14.1 Å². The molecule has 0 N–H and O–H groups in total. The number of rotatable bonds is 2. The smallest absolute Gasteiger partial charge is 0.330 e. The summed E-state index contributed by atoms with van der Waals surface area (Å²) in [5.41, 5.74) is 0.574. The number of aromatic nitrogens is 4. The van der Waals surface area contributed by atoms with Gasteiger partial charge in [0.1, 0.15) is 12.1 Å². The molecule has 0 aliphatic carbocycles. The van der Waals surface area contributed by atoms with E-state index in [0.717, 1.165) is 0 Å². The number of likely N-dealkylation sites (N-methyl/N-ethyl adjacent to an activating group) is 1. The topological polar surface area (TPSA) is 73.0 Å². The van der Waals surface area contributed by atoms with Crippen LogP contribution >= 0.6 is 11.6 Å². The molecule has 18 heavy (non-hydrogen) atoms. The SMILES string of the molecule is CN(C)C(=O)Cn1c(=O)n(C)c2nc(Cl)ncc21. The summed E-state index contributed by atoms with van der Waals surface area (Å²) in [6, 6.07) is 0. The molecule has 0 bridgehead atoms. The first kappa shape index (κ1) is 12.6. The summed E-state index contributed by atoms with van der Waals surface area (Å²) >= 11 is 5.69. The molecule has 0 saturated heterocycles. The normalized spacial score (nSPS) is 10.9. The van der Waals surface area contributed by atoms with Crippen molar-refractivity contribution in [3.63, 3.8) is 0 Å². The predicted octanol–water partition coefficient (Wildman–Crippen LogP) is -0.128. The van der Waals surface area contributed by atoms with Gasteiger partial charge in [-0.05, 0) is 11.6 Å². The molecular weight excluding hydrogens is 258 g/mol. The van der Waals surface area contributed by atoms with Gasteiger partial charge in [0.15, 0.2) is 5.65 Å². The van der Waals surface area contributed by atoms with E-state index in [1.807, 2.05) is 0 Å². The van der Waals surface area contributed by atoms with Gasteiger partial charge in [0.05, 0.1) is 6.20 Å². The van der Waals surface area contributed by atoms with Gasteiger partial charge in [-0.15, -0.1) is 0 Å². The summed E-state index contributed by atoms with van der Waals surface area (Å²) in [6.45, 7) is -0.0475. The summed E-state index contributed by atoms with van der Waals surface area (Å²) in [5, 5.41) is 0.0641. The third-order valence-corrected chi connectivity index (χ3v) is 2.82. The van der Waals surface area contributed by atoms with Gasteiger partial charge in [-0.3, -0.25) is 13.9 Å². The van der Waals surface area contributed by atoms with Crippen LogP contribution in [0.2, 0.25) is 5.28 Å². The van der Waals surface area contributed by atoms with Crippen molar-refractivity contribution >= 4 is 28.7 Å². The van der Waals surface area contributed by atoms with E-state index in [1.54, 1.807) is 21.1 Å². The summed E-state index contributed by atoms with van der Waals surface area (Å²) in [7, 11) is 4.84. The molecule has 0 unspecified atom stereocenters. The standard InChI is InChI=1S/C10H12ClN5O2/c1-14(2)7(17)5-16-6-4-12-9(11)13-8(6)15(3)10(16)18/h4H,5H2,1-3H3. The molecule has 0 fully saturated rings. The molecular formula is C10H12ClN5O2. The van der Waals surface area contributed by atoms with Crippen molar-refractivity contribution in [2.45, 2.75) is 6.54 Å². The van der Waals surface area contributed by atoms with Gasteiger partial charge < -0.3 is 4.90 Å². The minimum absolute atomic E-state index is 0.0475. The molecule has 0 atom stereocenters. The third-order valence-electron chi connectivity index (χ3n) is 2.64. The molecule has 0 spiro atoms. The molecule has 2 rings (SSSR count). The highest BCUT2D eigenvalue weighted by molar-refractivity contribution is 6.28. The van der Waals surface area contributed by atoms with E-state index in [0.29, 0.717) is 11.2 Å². The molecule has 0 aliphatic heterocycles. The Bertz CT molecular complexity index is 673. The summed E-state index contributed by atoms with van der Waals surface area (Å²) in [5.74, 6) is -0.181. The lowest BCUT2D eigenvalue weighted by Gasteiger charge is -2.10. The van der Waals surface area contributed by atoms with E-state index in [-0.39, 0.29) is 23.4 Å². The number of hydrogen-bond acceptors (Lipinski definition) is 4. The maximum absolute atomic E-state index is 12.0. The highest BCUT2D eigenvalue weighted by atomic mass is 35.5. The molecule has 2 heterocycles. The Morgan fingerprint density at radius 2 is 2.17 bits per heavy atom. The lowest BCUT2D eigenvalue weighted by atomic mass is 10.5. The summed E-state index contributed by atoms with van der Waals surface area (Å²) in [4.78, 5) is 32.9. The Kier molecular flexibility index (Phi) is 3.08. The fraction of sp³-hybridized carbons (Fsp3) is 0.400. The third kappa shape index (κ3) is 1.97. The molecule has 96 valence electrons. The second-order valence-electron chi connectivity index (χ2n) is 4.06. The lowest BCUT2D eigenvalue weighted by Crippen LogP contribution is -2.31. The van der Waals surface area contributed by atoms with Crippen LogP contribution in [-0.4, -0.2) is 44.0 Å². The number of carbonyl (C=O) groups is 1. The molecule has 0 radical (unpaired) electrons. The quantitative estimate of drug-likeness (QED) is 0.712. The monoisotopic (exact) mass is 269 g/mol. The number of nitrogens with zero attached hydrogens (tertiary/aromatic N) is 5. The van der Waals surface area contributed by atoms with E-state index < -0.39 is 0 Å². The number of aryl methyl sites for hydroxylation is 1. The van der Waals surface area contributed by atoms with Crippen molar-refractivity contribution in [2.24, 2.45) is 7.05 Å². The highest BCUT2D eigenvalue weighted by Gasteiger charge is 2.16. The van der Waals surface area contributed by atoms with Gasteiger partial charge in [0, 0.05) is 21.1 Å². The van der Waals surface area contributed by atoms with Gasteiger partial charge >= 0.3 is 5.69 Å². The first-order chi connectivity index (χ1) is 8.41. The average molecular weight is 270 g/mol. The Morgan fingerprint density at radius 1 is 1.50 bits per heavy atom. The van der Waals surface area contributed by atoms with Gasteiger partial charge in [-0.2, -0.15) is 4.98 Å². The Labute approximate surface area is 108 Å². The van der Waals surface area contributed by atoms with Crippen LogP contribution < -0.4 is 5.69 Å². The van der Waals surface area contributed by atoms with Gasteiger partial charge in [0.2, 0.25) is 11.2 Å². The zero-order valence-corrected chi connectivity index (χ0v) is 11.0. The number of amides is 1. The molecule has 0 saturated carbocycles. The fourth-order valence-electron chi connectivity index (χ4n) is 1.59. The van der Waals surface area contributed by atoms with E-state index in [4.69, 9.17) is 11.6 Å². The van der Waals surface area contributed by atoms with Crippen LogP contribution in [0.15, 0.2) is 11.0 Å². The molecule has 1 amide bonds. The van der Waals surface area contributed by atoms with Crippen molar-refractivity contribution in [3.8, 4) is 0 Å². The number of halogens is 1. The van der Waals surface area contributed by atoms with Crippen LogP contribution in [0.25, 0.3) is 11.2 Å². The Morgan fingerprint density at radius 3 is 2.78 bits per heavy atom. The fourth-order valence-corrected chi connectivity index (χ4v) is 1.72. The van der Waals surface area contributed by atoms with Crippen LogP contribution in [0.5, 0.6) is 0 Å². The second-order valence-corrected chi connectivity index (χ2v) is 4.40. The summed E-state index contributed by atoms with van der Waals surface area (Å²) in [6.07, 6.45) is 1.44. The molecule has 7 nitrogen and oxygen atoms in total.